The van der Waals surface area contributed by atoms with Gasteiger partial charge in [0, 0.05) is 6.04 Å². The summed E-state index contributed by atoms with van der Waals surface area (Å²) >= 11 is 0. The zero-order valence-electron chi connectivity index (χ0n) is 8.27. The summed E-state index contributed by atoms with van der Waals surface area (Å²) in [5.74, 6) is 0. The third kappa shape index (κ3) is 2.46. The summed E-state index contributed by atoms with van der Waals surface area (Å²) in [7, 11) is 0. The molecule has 1 rings (SSSR count). The Morgan fingerprint density at radius 1 is 1.33 bits per heavy atom. The number of rotatable bonds is 3. The van der Waals surface area contributed by atoms with Gasteiger partial charge in [0.15, 0.2) is 0 Å². The highest BCUT2D eigenvalue weighted by Gasteiger charge is 2.30. The molecule has 1 saturated carbocycles. The topological polar surface area (TPSA) is 32.3 Å². The van der Waals surface area contributed by atoms with Crippen LogP contribution in [0.5, 0.6) is 0 Å². The standard InChI is InChI=1S/C10H21NO/c1-3-10(12)7-5-9(6-8-10)11-4-2/h9,11-12H,3-8H2,1-2H3/t9-,10-. The van der Waals surface area contributed by atoms with Gasteiger partial charge < -0.3 is 10.4 Å². The molecular formula is C10H21NO. The Bertz CT molecular complexity index is 128. The molecular weight excluding hydrogens is 150 g/mol. The Hall–Kier alpha value is -0.0800. The highest BCUT2D eigenvalue weighted by atomic mass is 16.3. The third-order valence-corrected chi connectivity index (χ3v) is 3.07. The SMILES string of the molecule is CCN[C@H]1CC[C@@](O)(CC)CC1. The molecule has 0 spiro atoms. The molecule has 1 fully saturated rings. The maximum absolute atomic E-state index is 9.94. The zero-order valence-corrected chi connectivity index (χ0v) is 8.27. The van der Waals surface area contributed by atoms with Crippen molar-refractivity contribution in [2.75, 3.05) is 6.54 Å². The van der Waals surface area contributed by atoms with E-state index in [1.807, 2.05) is 0 Å². The van der Waals surface area contributed by atoms with E-state index in [-0.39, 0.29) is 5.60 Å². The van der Waals surface area contributed by atoms with Gasteiger partial charge in [-0.05, 0) is 38.6 Å². The minimum absolute atomic E-state index is 0.341. The minimum atomic E-state index is -0.341. The van der Waals surface area contributed by atoms with Crippen LogP contribution in [0.15, 0.2) is 0 Å². The summed E-state index contributed by atoms with van der Waals surface area (Å²) in [4.78, 5) is 0. The number of nitrogens with one attached hydrogen (secondary N) is 1. The Morgan fingerprint density at radius 3 is 2.33 bits per heavy atom. The van der Waals surface area contributed by atoms with E-state index in [1.165, 1.54) is 0 Å². The molecule has 1 aliphatic carbocycles. The predicted molar refractivity (Wildman–Crippen MR) is 51.2 cm³/mol. The van der Waals surface area contributed by atoms with Crippen molar-refractivity contribution in [3.63, 3.8) is 0 Å². The van der Waals surface area contributed by atoms with E-state index in [1.54, 1.807) is 0 Å². The van der Waals surface area contributed by atoms with Crippen LogP contribution in [0.3, 0.4) is 0 Å². The molecule has 0 unspecified atom stereocenters. The van der Waals surface area contributed by atoms with Gasteiger partial charge in [-0.15, -0.1) is 0 Å². The Kier molecular flexibility index (Phi) is 3.53. The number of hydrogen-bond acceptors (Lipinski definition) is 2. The monoisotopic (exact) mass is 171 g/mol. The fourth-order valence-corrected chi connectivity index (χ4v) is 2.00. The van der Waals surface area contributed by atoms with E-state index < -0.39 is 0 Å². The molecule has 2 nitrogen and oxygen atoms in total. The molecule has 0 aliphatic heterocycles. The quantitative estimate of drug-likeness (QED) is 0.677. The molecule has 0 radical (unpaired) electrons. The molecule has 2 heteroatoms. The molecule has 0 aromatic heterocycles. The Labute approximate surface area is 75.4 Å². The maximum Gasteiger partial charge on any atom is 0.0646 e. The van der Waals surface area contributed by atoms with Gasteiger partial charge in [-0.3, -0.25) is 0 Å². The summed E-state index contributed by atoms with van der Waals surface area (Å²) in [5, 5.41) is 13.4. The highest BCUT2D eigenvalue weighted by Crippen LogP contribution is 2.30. The zero-order chi connectivity index (χ0) is 9.03. The van der Waals surface area contributed by atoms with Crippen molar-refractivity contribution in [1.29, 1.82) is 0 Å². The first-order valence-corrected chi connectivity index (χ1v) is 5.16. The van der Waals surface area contributed by atoms with E-state index in [2.05, 4.69) is 19.2 Å². The van der Waals surface area contributed by atoms with Gasteiger partial charge in [-0.2, -0.15) is 0 Å². The van der Waals surface area contributed by atoms with Crippen molar-refractivity contribution >= 4 is 0 Å². The smallest absolute Gasteiger partial charge is 0.0646 e. The van der Waals surface area contributed by atoms with Crippen LogP contribution in [0.1, 0.15) is 46.0 Å². The van der Waals surface area contributed by atoms with Crippen LogP contribution in [-0.4, -0.2) is 23.3 Å². The van der Waals surface area contributed by atoms with Crippen molar-refractivity contribution in [3.05, 3.63) is 0 Å². The molecule has 0 aromatic carbocycles. The molecule has 1 aliphatic rings. The van der Waals surface area contributed by atoms with Gasteiger partial charge in [-0.25, -0.2) is 0 Å². The molecule has 0 atom stereocenters. The lowest BCUT2D eigenvalue weighted by atomic mass is 9.80. The molecule has 0 aromatic rings. The lowest BCUT2D eigenvalue weighted by molar-refractivity contribution is -0.00660. The number of aliphatic hydroxyl groups is 1. The van der Waals surface area contributed by atoms with E-state index in [4.69, 9.17) is 0 Å². The van der Waals surface area contributed by atoms with Crippen LogP contribution in [0.2, 0.25) is 0 Å². The van der Waals surface area contributed by atoms with Crippen LogP contribution >= 0.6 is 0 Å². The van der Waals surface area contributed by atoms with Crippen LogP contribution in [0.25, 0.3) is 0 Å². The van der Waals surface area contributed by atoms with E-state index >= 15 is 0 Å². The average molecular weight is 171 g/mol. The maximum atomic E-state index is 9.94. The molecule has 0 saturated heterocycles. The van der Waals surface area contributed by atoms with Crippen molar-refractivity contribution in [2.24, 2.45) is 0 Å². The van der Waals surface area contributed by atoms with Crippen LogP contribution in [0.4, 0.5) is 0 Å². The van der Waals surface area contributed by atoms with Crippen molar-refractivity contribution in [3.8, 4) is 0 Å². The van der Waals surface area contributed by atoms with Gasteiger partial charge in [0.25, 0.3) is 0 Å². The van der Waals surface area contributed by atoms with Crippen molar-refractivity contribution < 1.29 is 5.11 Å². The van der Waals surface area contributed by atoms with Gasteiger partial charge in [0.05, 0.1) is 5.60 Å². The number of hydrogen-bond donors (Lipinski definition) is 2. The van der Waals surface area contributed by atoms with Gasteiger partial charge >= 0.3 is 0 Å². The van der Waals surface area contributed by atoms with E-state index in [0.717, 1.165) is 38.6 Å². The summed E-state index contributed by atoms with van der Waals surface area (Å²) in [6.07, 6.45) is 5.13. The second-order valence-electron chi connectivity index (χ2n) is 3.91. The first-order chi connectivity index (χ1) is 5.70. The molecule has 0 bridgehead atoms. The lowest BCUT2D eigenvalue weighted by Crippen LogP contribution is -2.40. The lowest BCUT2D eigenvalue weighted by Gasteiger charge is -2.35. The van der Waals surface area contributed by atoms with Gasteiger partial charge in [0.1, 0.15) is 0 Å². The summed E-state index contributed by atoms with van der Waals surface area (Å²) in [6, 6.07) is 0.654. The normalized spacial score (nSPS) is 36.8. The second kappa shape index (κ2) is 4.24. The van der Waals surface area contributed by atoms with Crippen molar-refractivity contribution in [2.45, 2.75) is 57.6 Å². The largest absolute Gasteiger partial charge is 0.390 e. The summed E-state index contributed by atoms with van der Waals surface area (Å²) < 4.78 is 0. The molecule has 72 valence electrons. The van der Waals surface area contributed by atoms with E-state index in [0.29, 0.717) is 6.04 Å². The Balaban J connectivity index is 2.29. The minimum Gasteiger partial charge on any atom is -0.390 e. The highest BCUT2D eigenvalue weighted by molar-refractivity contribution is 4.86. The molecule has 0 heterocycles. The molecule has 0 amide bonds. The second-order valence-corrected chi connectivity index (χ2v) is 3.91. The van der Waals surface area contributed by atoms with Crippen LogP contribution in [-0.2, 0) is 0 Å². The Morgan fingerprint density at radius 2 is 1.92 bits per heavy atom. The fraction of sp³-hybridized carbons (Fsp3) is 1.00. The van der Waals surface area contributed by atoms with Gasteiger partial charge in [-0.1, -0.05) is 13.8 Å². The molecule has 12 heavy (non-hydrogen) atoms. The van der Waals surface area contributed by atoms with Crippen molar-refractivity contribution in [1.82, 2.24) is 5.32 Å². The summed E-state index contributed by atoms with van der Waals surface area (Å²) in [5.41, 5.74) is -0.341. The van der Waals surface area contributed by atoms with Crippen LogP contribution < -0.4 is 5.32 Å². The van der Waals surface area contributed by atoms with Crippen LogP contribution in [0, 0.1) is 0 Å². The average Bonchev–Trinajstić information content (AvgIpc) is 2.10. The third-order valence-electron chi connectivity index (χ3n) is 3.07. The predicted octanol–water partition coefficient (Wildman–Crippen LogP) is 1.68. The van der Waals surface area contributed by atoms with E-state index in [9.17, 15) is 5.11 Å². The first-order valence-electron chi connectivity index (χ1n) is 5.16. The summed E-state index contributed by atoms with van der Waals surface area (Å²) in [6.45, 7) is 5.27. The fourth-order valence-electron chi connectivity index (χ4n) is 2.00. The van der Waals surface area contributed by atoms with Gasteiger partial charge in [0.2, 0.25) is 0 Å². The first kappa shape index (κ1) is 10.0. The molecule has 2 N–H and O–H groups in total.